The van der Waals surface area contributed by atoms with Crippen molar-refractivity contribution in [2.45, 2.75) is 50.7 Å². The first kappa shape index (κ1) is 15.7. The van der Waals surface area contributed by atoms with Gasteiger partial charge in [0.15, 0.2) is 0 Å². The second kappa shape index (κ2) is 5.62. The molecule has 6 heteroatoms. The third-order valence-electron chi connectivity index (χ3n) is 6.56. The standard InChI is InChI=1S/C18H23NO5/c1-9-6-10-7-11(20)2-3-12(10)18-16(24-19(22)23)8-14-13(17(9)18)4-5-15(14)21/h2-3,7,9,13-18,20-21H,4-6,8H2,1H3/t9-,13-,14+,15+,16+,17+,18+/m1/s1. The summed E-state index contributed by atoms with van der Waals surface area (Å²) in [6, 6.07) is 5.34. The molecule has 0 aromatic heterocycles. The van der Waals surface area contributed by atoms with Crippen molar-refractivity contribution in [3.05, 3.63) is 39.4 Å². The Labute approximate surface area is 140 Å². The fourth-order valence-electron chi connectivity index (χ4n) is 5.80. The van der Waals surface area contributed by atoms with Crippen molar-refractivity contribution in [3.8, 4) is 5.75 Å². The number of hydrogen-bond acceptors (Lipinski definition) is 5. The molecule has 1 aromatic carbocycles. The predicted molar refractivity (Wildman–Crippen MR) is 85.9 cm³/mol. The lowest BCUT2D eigenvalue weighted by Gasteiger charge is -2.50. The maximum Gasteiger partial charge on any atom is 0.294 e. The maximum atomic E-state index is 11.0. The third kappa shape index (κ3) is 2.35. The van der Waals surface area contributed by atoms with Gasteiger partial charge in [-0.1, -0.05) is 13.0 Å². The summed E-state index contributed by atoms with van der Waals surface area (Å²) in [5.74, 6) is 1.31. The number of aromatic hydroxyl groups is 1. The first-order chi connectivity index (χ1) is 11.5. The lowest BCUT2D eigenvalue weighted by atomic mass is 9.56. The predicted octanol–water partition coefficient (Wildman–Crippen LogP) is 2.65. The van der Waals surface area contributed by atoms with Crippen LogP contribution in [-0.2, 0) is 11.3 Å². The zero-order valence-corrected chi connectivity index (χ0v) is 13.7. The Morgan fingerprint density at radius 1 is 1.29 bits per heavy atom. The summed E-state index contributed by atoms with van der Waals surface area (Å²) in [6.45, 7) is 2.18. The van der Waals surface area contributed by atoms with Crippen molar-refractivity contribution in [3.63, 3.8) is 0 Å². The van der Waals surface area contributed by atoms with Gasteiger partial charge >= 0.3 is 0 Å². The van der Waals surface area contributed by atoms with Gasteiger partial charge in [-0.2, -0.15) is 0 Å². The van der Waals surface area contributed by atoms with E-state index in [2.05, 4.69) is 6.92 Å². The number of aliphatic hydroxyl groups is 1. The summed E-state index contributed by atoms with van der Waals surface area (Å²) in [5, 5.41) is 30.5. The smallest absolute Gasteiger partial charge is 0.294 e. The van der Waals surface area contributed by atoms with Crippen molar-refractivity contribution >= 4 is 0 Å². The minimum absolute atomic E-state index is 0.0405. The van der Waals surface area contributed by atoms with E-state index in [9.17, 15) is 20.3 Å². The van der Waals surface area contributed by atoms with Gasteiger partial charge in [-0.15, -0.1) is 10.1 Å². The second-order valence-corrected chi connectivity index (χ2v) is 7.74. The van der Waals surface area contributed by atoms with Crippen molar-refractivity contribution in [2.75, 3.05) is 0 Å². The molecule has 1 aromatic rings. The van der Waals surface area contributed by atoms with Crippen LogP contribution in [0.5, 0.6) is 5.75 Å². The number of fused-ring (bicyclic) bond motifs is 5. The highest BCUT2D eigenvalue weighted by atomic mass is 17.0. The zero-order chi connectivity index (χ0) is 17.0. The third-order valence-corrected chi connectivity index (χ3v) is 6.56. The van der Waals surface area contributed by atoms with Gasteiger partial charge in [-0.25, -0.2) is 0 Å². The van der Waals surface area contributed by atoms with Gasteiger partial charge in [-0.05, 0) is 72.6 Å². The van der Waals surface area contributed by atoms with Crippen LogP contribution in [0.2, 0.25) is 0 Å². The van der Waals surface area contributed by atoms with Gasteiger partial charge in [-0.3, -0.25) is 0 Å². The summed E-state index contributed by atoms with van der Waals surface area (Å²) in [5.41, 5.74) is 2.14. The van der Waals surface area contributed by atoms with Crippen LogP contribution in [0.3, 0.4) is 0 Å². The van der Waals surface area contributed by atoms with Crippen LogP contribution in [0.15, 0.2) is 18.2 Å². The van der Waals surface area contributed by atoms with Crippen molar-refractivity contribution in [1.29, 1.82) is 0 Å². The molecule has 0 saturated heterocycles. The largest absolute Gasteiger partial charge is 0.508 e. The van der Waals surface area contributed by atoms with E-state index in [-0.39, 0.29) is 29.6 Å². The number of rotatable bonds is 2. The topological polar surface area (TPSA) is 92.8 Å². The molecule has 3 aliphatic carbocycles. The van der Waals surface area contributed by atoms with Crippen LogP contribution >= 0.6 is 0 Å². The molecule has 24 heavy (non-hydrogen) atoms. The molecule has 0 aliphatic heterocycles. The molecule has 0 radical (unpaired) electrons. The van der Waals surface area contributed by atoms with Gasteiger partial charge in [0, 0.05) is 5.92 Å². The Kier molecular flexibility index (Phi) is 3.67. The molecule has 2 fully saturated rings. The Morgan fingerprint density at radius 3 is 2.83 bits per heavy atom. The molecule has 130 valence electrons. The SMILES string of the molecule is C[C@@H]1Cc2cc(O)ccc2[C@@H]2[C@@H]1[C@@H]1CC[C@H](O)[C@H]1C[C@@H]2O[N+](=O)[O-]. The lowest BCUT2D eigenvalue weighted by Crippen LogP contribution is -2.48. The average Bonchev–Trinajstić information content (AvgIpc) is 2.87. The molecular formula is C18H23NO5. The maximum absolute atomic E-state index is 11.0. The highest BCUT2D eigenvalue weighted by Crippen LogP contribution is 2.57. The number of hydrogen-bond donors (Lipinski definition) is 2. The number of benzene rings is 1. The van der Waals surface area contributed by atoms with Crippen molar-refractivity contribution < 1.29 is 20.1 Å². The molecule has 0 spiro atoms. The Hall–Kier alpha value is -1.82. The van der Waals surface area contributed by atoms with Gasteiger partial charge in [0.2, 0.25) is 0 Å². The zero-order valence-electron chi connectivity index (χ0n) is 13.7. The minimum atomic E-state index is -0.692. The second-order valence-electron chi connectivity index (χ2n) is 7.74. The van der Waals surface area contributed by atoms with E-state index in [4.69, 9.17) is 4.84 Å². The number of aliphatic hydroxyl groups excluding tert-OH is 1. The van der Waals surface area contributed by atoms with Crippen molar-refractivity contribution in [2.24, 2.45) is 23.7 Å². The number of nitrogens with zero attached hydrogens (tertiary/aromatic N) is 1. The highest BCUT2D eigenvalue weighted by Gasteiger charge is 2.54. The van der Waals surface area contributed by atoms with Gasteiger partial charge < -0.3 is 15.1 Å². The van der Waals surface area contributed by atoms with Gasteiger partial charge in [0.25, 0.3) is 5.09 Å². The van der Waals surface area contributed by atoms with Crippen LogP contribution in [0.1, 0.15) is 43.2 Å². The molecule has 2 saturated carbocycles. The van der Waals surface area contributed by atoms with Gasteiger partial charge in [0.05, 0.1) is 6.10 Å². The fraction of sp³-hybridized carbons (Fsp3) is 0.667. The average molecular weight is 333 g/mol. The summed E-state index contributed by atoms with van der Waals surface area (Å²) in [7, 11) is 0. The molecule has 3 aliphatic rings. The summed E-state index contributed by atoms with van der Waals surface area (Å²) in [4.78, 5) is 16.1. The first-order valence-electron chi connectivity index (χ1n) is 8.76. The van der Waals surface area contributed by atoms with E-state index >= 15 is 0 Å². The number of phenols is 1. The van der Waals surface area contributed by atoms with E-state index in [0.29, 0.717) is 18.3 Å². The van der Waals surface area contributed by atoms with Crippen LogP contribution in [0, 0.1) is 33.8 Å². The van der Waals surface area contributed by atoms with E-state index in [1.165, 1.54) is 0 Å². The molecule has 0 bridgehead atoms. The van der Waals surface area contributed by atoms with Crippen LogP contribution in [-0.4, -0.2) is 27.5 Å². The molecular weight excluding hydrogens is 310 g/mol. The Morgan fingerprint density at radius 2 is 2.08 bits per heavy atom. The quantitative estimate of drug-likeness (QED) is 0.641. The van der Waals surface area contributed by atoms with E-state index in [1.54, 1.807) is 12.1 Å². The summed E-state index contributed by atoms with van der Waals surface area (Å²) in [6.07, 6.45) is 2.25. The highest BCUT2D eigenvalue weighted by molar-refractivity contribution is 5.41. The molecule has 7 atom stereocenters. The Bertz CT molecular complexity index is 663. The number of phenolic OH excluding ortho intramolecular Hbond substituents is 1. The normalized spacial score (nSPS) is 40.3. The Balaban J connectivity index is 1.79. The molecule has 0 amide bonds. The van der Waals surface area contributed by atoms with Crippen LogP contribution in [0.25, 0.3) is 0 Å². The minimum Gasteiger partial charge on any atom is -0.508 e. The van der Waals surface area contributed by atoms with Crippen LogP contribution < -0.4 is 0 Å². The van der Waals surface area contributed by atoms with E-state index in [0.717, 1.165) is 30.4 Å². The monoisotopic (exact) mass is 333 g/mol. The van der Waals surface area contributed by atoms with Gasteiger partial charge in [0.1, 0.15) is 11.9 Å². The first-order valence-corrected chi connectivity index (χ1v) is 8.76. The molecule has 6 nitrogen and oxygen atoms in total. The molecule has 0 heterocycles. The summed E-state index contributed by atoms with van der Waals surface area (Å²) < 4.78 is 0. The summed E-state index contributed by atoms with van der Waals surface area (Å²) >= 11 is 0. The van der Waals surface area contributed by atoms with Crippen molar-refractivity contribution in [1.82, 2.24) is 0 Å². The lowest BCUT2D eigenvalue weighted by molar-refractivity contribution is -0.771. The molecule has 2 N–H and O–H groups in total. The van der Waals surface area contributed by atoms with E-state index in [1.807, 2.05) is 6.07 Å². The fourth-order valence-corrected chi connectivity index (χ4v) is 5.80. The molecule has 4 rings (SSSR count). The van der Waals surface area contributed by atoms with E-state index < -0.39 is 11.2 Å². The molecule has 0 unspecified atom stereocenters. The van der Waals surface area contributed by atoms with Crippen LogP contribution in [0.4, 0.5) is 0 Å².